The molecule has 2 aromatic carbocycles. The second-order valence-electron chi connectivity index (χ2n) is 5.14. The van der Waals surface area contributed by atoms with E-state index in [2.05, 4.69) is 43.3 Å². The second-order valence-corrected chi connectivity index (χ2v) is 6.51. The molecule has 0 aliphatic carbocycles. The summed E-state index contributed by atoms with van der Waals surface area (Å²) in [6.07, 6.45) is 0.979. The highest BCUT2D eigenvalue weighted by Crippen LogP contribution is 2.20. The lowest BCUT2D eigenvalue weighted by molar-refractivity contribution is -0.0517. The highest BCUT2D eigenvalue weighted by atomic mass is 32.2. The van der Waals surface area contributed by atoms with Gasteiger partial charge in [0.05, 0.1) is 6.61 Å². The van der Waals surface area contributed by atoms with Gasteiger partial charge in [-0.2, -0.15) is 13.2 Å². The highest BCUT2D eigenvalue weighted by Gasteiger charge is 2.36. The number of halogens is 3. The molecule has 0 saturated heterocycles. The lowest BCUT2D eigenvalue weighted by Gasteiger charge is -2.08. The Kier molecular flexibility index (Phi) is 7.44. The number of hydrogen-bond acceptors (Lipinski definition) is 4. The van der Waals surface area contributed by atoms with Crippen molar-refractivity contribution in [2.24, 2.45) is 0 Å². The van der Waals surface area contributed by atoms with E-state index in [0.717, 1.165) is 18.8 Å². The molecule has 0 fully saturated rings. The van der Waals surface area contributed by atoms with E-state index in [0.29, 0.717) is 0 Å². The number of alkyl halides is 3. The maximum absolute atomic E-state index is 10.7. The Morgan fingerprint density at radius 2 is 1.36 bits per heavy atom. The largest absolute Gasteiger partial charge is 0.741 e. The molecule has 0 amide bonds. The SMILES string of the molecule is CCOc1ccc(Cc2ccc(C)cc2)cc1.O=S(=O)([O-])C(F)(F)F. The summed E-state index contributed by atoms with van der Waals surface area (Å²) < 4.78 is 64.3. The van der Waals surface area contributed by atoms with Crippen molar-refractivity contribution >= 4 is 10.1 Å². The van der Waals surface area contributed by atoms with E-state index in [9.17, 15) is 13.2 Å². The third-order valence-corrected chi connectivity index (χ3v) is 3.61. The van der Waals surface area contributed by atoms with Crippen LogP contribution >= 0.6 is 0 Å². The molecule has 0 aliphatic rings. The predicted molar refractivity (Wildman–Crippen MR) is 87.3 cm³/mol. The first-order chi connectivity index (χ1) is 11.5. The van der Waals surface area contributed by atoms with Gasteiger partial charge in [-0.1, -0.05) is 42.0 Å². The molecule has 0 aromatic heterocycles. The van der Waals surface area contributed by atoms with Crippen molar-refractivity contribution in [2.75, 3.05) is 6.61 Å². The lowest BCUT2D eigenvalue weighted by Crippen LogP contribution is -2.21. The van der Waals surface area contributed by atoms with Crippen molar-refractivity contribution in [1.29, 1.82) is 0 Å². The molecule has 8 heteroatoms. The molecule has 2 rings (SSSR count). The number of ether oxygens (including phenoxy) is 1. The van der Waals surface area contributed by atoms with E-state index in [1.54, 1.807) is 0 Å². The molecule has 138 valence electrons. The van der Waals surface area contributed by atoms with Crippen LogP contribution in [-0.2, 0) is 16.5 Å². The van der Waals surface area contributed by atoms with Crippen LogP contribution in [0.15, 0.2) is 48.5 Å². The van der Waals surface area contributed by atoms with Gasteiger partial charge in [-0.3, -0.25) is 0 Å². The van der Waals surface area contributed by atoms with Gasteiger partial charge in [0.2, 0.25) is 0 Å². The zero-order valence-electron chi connectivity index (χ0n) is 13.7. The zero-order chi connectivity index (χ0) is 19.1. The van der Waals surface area contributed by atoms with Gasteiger partial charge in [-0.05, 0) is 43.5 Å². The van der Waals surface area contributed by atoms with Gasteiger partial charge in [0, 0.05) is 0 Å². The van der Waals surface area contributed by atoms with Crippen molar-refractivity contribution in [1.82, 2.24) is 0 Å². The molecule has 0 heterocycles. The molecule has 0 aliphatic heterocycles. The third-order valence-electron chi connectivity index (χ3n) is 3.05. The Morgan fingerprint density at radius 1 is 0.960 bits per heavy atom. The summed E-state index contributed by atoms with van der Waals surface area (Å²) in [6.45, 7) is 4.83. The number of benzene rings is 2. The molecule has 0 spiro atoms. The number of aryl methyl sites for hydroxylation is 1. The van der Waals surface area contributed by atoms with Gasteiger partial charge in [0.25, 0.3) is 0 Å². The fraction of sp³-hybridized carbons (Fsp3) is 0.294. The van der Waals surface area contributed by atoms with Crippen molar-refractivity contribution in [3.63, 3.8) is 0 Å². The maximum Gasteiger partial charge on any atom is 0.485 e. The van der Waals surface area contributed by atoms with E-state index >= 15 is 0 Å². The van der Waals surface area contributed by atoms with Crippen molar-refractivity contribution in [2.45, 2.75) is 25.8 Å². The summed E-state index contributed by atoms with van der Waals surface area (Å²) in [7, 11) is -6.09. The van der Waals surface area contributed by atoms with Crippen molar-refractivity contribution in [3.05, 3.63) is 65.2 Å². The Bertz CT molecular complexity index is 752. The summed E-state index contributed by atoms with van der Waals surface area (Å²) in [5.41, 5.74) is -1.68. The van der Waals surface area contributed by atoms with E-state index in [1.807, 2.05) is 19.1 Å². The molecule has 4 nitrogen and oxygen atoms in total. The standard InChI is InChI=1S/C16H18O.CHF3O3S/c1-3-17-16-10-8-15(9-11-16)12-14-6-4-13(2)5-7-14;2-1(3,4)8(5,6)7/h4-11H,3,12H2,1-2H3;(H,5,6,7)/p-1. The van der Waals surface area contributed by atoms with Gasteiger partial charge >= 0.3 is 5.51 Å². The minimum atomic E-state index is -6.09. The highest BCUT2D eigenvalue weighted by molar-refractivity contribution is 7.86. The first kappa shape index (κ1) is 21.0. The number of rotatable bonds is 4. The van der Waals surface area contributed by atoms with Crippen LogP contribution in [0.3, 0.4) is 0 Å². The molecule has 0 saturated carbocycles. The first-order valence-electron chi connectivity index (χ1n) is 7.32. The summed E-state index contributed by atoms with van der Waals surface area (Å²) in [5, 5.41) is 0. The molecule has 0 N–H and O–H groups in total. The van der Waals surface area contributed by atoms with Gasteiger partial charge in [0.1, 0.15) is 5.75 Å². The van der Waals surface area contributed by atoms with Gasteiger partial charge < -0.3 is 9.29 Å². The van der Waals surface area contributed by atoms with E-state index < -0.39 is 15.6 Å². The molecule has 25 heavy (non-hydrogen) atoms. The van der Waals surface area contributed by atoms with Crippen LogP contribution in [0.2, 0.25) is 0 Å². The third kappa shape index (κ3) is 7.57. The molecule has 2 aromatic rings. The molecule has 0 bridgehead atoms. The lowest BCUT2D eigenvalue weighted by atomic mass is 10.0. The summed E-state index contributed by atoms with van der Waals surface area (Å²) in [4.78, 5) is 0. The van der Waals surface area contributed by atoms with Crippen LogP contribution in [0.1, 0.15) is 23.6 Å². The quantitative estimate of drug-likeness (QED) is 0.598. The monoisotopic (exact) mass is 375 g/mol. The van der Waals surface area contributed by atoms with Crippen LogP contribution in [0.4, 0.5) is 13.2 Å². The second kappa shape index (κ2) is 8.87. The van der Waals surface area contributed by atoms with Gasteiger partial charge in [0.15, 0.2) is 10.1 Å². The maximum atomic E-state index is 10.7. The fourth-order valence-electron chi connectivity index (χ4n) is 1.81. The smallest absolute Gasteiger partial charge is 0.485 e. The summed E-state index contributed by atoms with van der Waals surface area (Å²) >= 11 is 0. The Labute approximate surface area is 145 Å². The average Bonchev–Trinajstić information content (AvgIpc) is 2.50. The van der Waals surface area contributed by atoms with Crippen LogP contribution in [0.25, 0.3) is 0 Å². The zero-order valence-corrected chi connectivity index (χ0v) is 14.5. The van der Waals surface area contributed by atoms with Gasteiger partial charge in [-0.25, -0.2) is 8.42 Å². The Hall–Kier alpha value is -2.06. The summed E-state index contributed by atoms with van der Waals surface area (Å²) in [6, 6.07) is 17.0. The first-order valence-corrected chi connectivity index (χ1v) is 8.73. The van der Waals surface area contributed by atoms with Crippen LogP contribution in [0.5, 0.6) is 5.75 Å². The molecule has 0 atom stereocenters. The molecular weight excluding hydrogens is 357 g/mol. The van der Waals surface area contributed by atoms with Crippen LogP contribution < -0.4 is 4.74 Å². The van der Waals surface area contributed by atoms with Gasteiger partial charge in [-0.15, -0.1) is 0 Å². The molecular formula is C17H18F3O4S-. The fourth-order valence-corrected chi connectivity index (χ4v) is 1.81. The molecule has 0 radical (unpaired) electrons. The molecule has 0 unspecified atom stereocenters. The van der Waals surface area contributed by atoms with E-state index in [-0.39, 0.29) is 0 Å². The normalized spacial score (nSPS) is 11.4. The van der Waals surface area contributed by atoms with Crippen LogP contribution in [0, 0.1) is 6.92 Å². The minimum Gasteiger partial charge on any atom is -0.741 e. The van der Waals surface area contributed by atoms with Crippen molar-refractivity contribution in [3.8, 4) is 5.75 Å². The predicted octanol–water partition coefficient (Wildman–Crippen LogP) is 4.04. The number of hydrogen-bond donors (Lipinski definition) is 0. The van der Waals surface area contributed by atoms with E-state index in [1.165, 1.54) is 16.7 Å². The van der Waals surface area contributed by atoms with Crippen molar-refractivity contribution < 1.29 is 30.9 Å². The van der Waals surface area contributed by atoms with E-state index in [4.69, 9.17) is 17.7 Å². The summed E-state index contributed by atoms with van der Waals surface area (Å²) in [5.74, 6) is 0.945. The van der Waals surface area contributed by atoms with Crippen LogP contribution in [-0.4, -0.2) is 25.1 Å². The Morgan fingerprint density at radius 3 is 1.72 bits per heavy atom. The minimum absolute atomic E-state index is 0.720. The average molecular weight is 375 g/mol. The topological polar surface area (TPSA) is 66.4 Å². The Balaban J connectivity index is 0.000000333.